The van der Waals surface area contributed by atoms with E-state index in [9.17, 15) is 14.0 Å². The number of benzene rings is 1. The van der Waals surface area contributed by atoms with Crippen molar-refractivity contribution in [1.82, 2.24) is 5.32 Å². The topological polar surface area (TPSA) is 81.4 Å². The molecule has 1 heterocycles. The first kappa shape index (κ1) is 13.3. The SMILES string of the molecule is CNC(=O)c1cc(C(N)=O)cc2c1OC(CF)C2C. The lowest BCUT2D eigenvalue weighted by Gasteiger charge is -2.10. The van der Waals surface area contributed by atoms with Gasteiger partial charge in [0.2, 0.25) is 5.91 Å². The number of carbonyl (C=O) groups is 2. The number of nitrogens with two attached hydrogens (primary N) is 1. The quantitative estimate of drug-likeness (QED) is 0.855. The molecule has 3 N–H and O–H groups in total. The van der Waals surface area contributed by atoms with E-state index in [2.05, 4.69) is 5.32 Å². The minimum Gasteiger partial charge on any atom is -0.486 e. The van der Waals surface area contributed by atoms with E-state index in [0.717, 1.165) is 0 Å². The third-order valence-corrected chi connectivity index (χ3v) is 3.34. The Bertz CT molecular complexity index is 545. The monoisotopic (exact) mass is 266 g/mol. The molecular formula is C13H15FN2O3. The summed E-state index contributed by atoms with van der Waals surface area (Å²) in [6.45, 7) is 1.13. The van der Waals surface area contributed by atoms with Gasteiger partial charge in [0.25, 0.3) is 5.91 Å². The molecule has 0 radical (unpaired) electrons. The van der Waals surface area contributed by atoms with Crippen molar-refractivity contribution in [2.45, 2.75) is 18.9 Å². The Morgan fingerprint density at radius 1 is 1.47 bits per heavy atom. The van der Waals surface area contributed by atoms with Crippen molar-refractivity contribution in [1.29, 1.82) is 0 Å². The molecule has 1 aliphatic heterocycles. The van der Waals surface area contributed by atoms with Crippen LogP contribution in [0.25, 0.3) is 0 Å². The largest absolute Gasteiger partial charge is 0.486 e. The van der Waals surface area contributed by atoms with Crippen molar-refractivity contribution in [2.75, 3.05) is 13.7 Å². The van der Waals surface area contributed by atoms with E-state index >= 15 is 0 Å². The molecule has 19 heavy (non-hydrogen) atoms. The fourth-order valence-electron chi connectivity index (χ4n) is 2.19. The molecule has 2 amide bonds. The number of carbonyl (C=O) groups excluding carboxylic acids is 2. The lowest BCUT2D eigenvalue weighted by atomic mass is 9.94. The van der Waals surface area contributed by atoms with E-state index in [1.807, 2.05) is 0 Å². The van der Waals surface area contributed by atoms with Crippen LogP contribution in [-0.2, 0) is 0 Å². The number of rotatable bonds is 3. The number of halogens is 1. The first-order chi connectivity index (χ1) is 8.99. The molecule has 0 saturated carbocycles. The second kappa shape index (κ2) is 4.87. The number of primary amides is 1. The minimum absolute atomic E-state index is 0.205. The van der Waals surface area contributed by atoms with Crippen molar-refractivity contribution in [3.63, 3.8) is 0 Å². The van der Waals surface area contributed by atoms with Crippen LogP contribution in [0, 0.1) is 0 Å². The average Bonchev–Trinajstić information content (AvgIpc) is 2.73. The predicted octanol–water partition coefficient (Wildman–Crippen LogP) is 0.979. The second-order valence-corrected chi connectivity index (χ2v) is 4.48. The lowest BCUT2D eigenvalue weighted by molar-refractivity contribution is 0.0955. The Labute approximate surface area is 109 Å². The van der Waals surface area contributed by atoms with E-state index in [1.165, 1.54) is 13.1 Å². The fourth-order valence-corrected chi connectivity index (χ4v) is 2.19. The standard InChI is InChI=1S/C13H15FN2O3/c1-6-8-3-7(12(15)17)4-9(13(18)16-2)11(8)19-10(6)5-14/h3-4,6,10H,5H2,1-2H3,(H2,15,17)(H,16,18). The number of hydrogen-bond acceptors (Lipinski definition) is 3. The Balaban J connectivity index is 2.60. The summed E-state index contributed by atoms with van der Waals surface area (Å²) in [5, 5.41) is 2.46. The first-order valence-electron chi connectivity index (χ1n) is 5.92. The zero-order valence-electron chi connectivity index (χ0n) is 10.7. The molecule has 2 rings (SSSR count). The number of ether oxygens (including phenoxy) is 1. The second-order valence-electron chi connectivity index (χ2n) is 4.48. The summed E-state index contributed by atoms with van der Waals surface area (Å²) in [4.78, 5) is 23.1. The normalized spacial score (nSPS) is 20.6. The van der Waals surface area contributed by atoms with Crippen molar-refractivity contribution >= 4 is 11.8 Å². The maximum Gasteiger partial charge on any atom is 0.254 e. The van der Waals surface area contributed by atoms with E-state index in [-0.39, 0.29) is 17.0 Å². The molecule has 1 aromatic carbocycles. The van der Waals surface area contributed by atoms with Crippen LogP contribution in [0.3, 0.4) is 0 Å². The minimum atomic E-state index is -0.658. The van der Waals surface area contributed by atoms with Gasteiger partial charge < -0.3 is 15.8 Å². The summed E-state index contributed by atoms with van der Waals surface area (Å²) < 4.78 is 18.3. The summed E-state index contributed by atoms with van der Waals surface area (Å²) in [5.41, 5.74) is 6.30. The van der Waals surface area contributed by atoms with Crippen LogP contribution in [-0.4, -0.2) is 31.6 Å². The van der Waals surface area contributed by atoms with Gasteiger partial charge in [0.05, 0.1) is 5.56 Å². The van der Waals surface area contributed by atoms with Crippen LogP contribution in [0.4, 0.5) is 4.39 Å². The highest BCUT2D eigenvalue weighted by Crippen LogP contribution is 2.41. The smallest absolute Gasteiger partial charge is 0.254 e. The van der Waals surface area contributed by atoms with E-state index in [4.69, 9.17) is 10.5 Å². The van der Waals surface area contributed by atoms with Crippen LogP contribution < -0.4 is 15.8 Å². The van der Waals surface area contributed by atoms with Gasteiger partial charge in [-0.15, -0.1) is 0 Å². The highest BCUT2D eigenvalue weighted by molar-refractivity contribution is 6.01. The van der Waals surface area contributed by atoms with Crippen molar-refractivity contribution in [3.05, 3.63) is 28.8 Å². The Hall–Kier alpha value is -2.11. The predicted molar refractivity (Wildman–Crippen MR) is 67.2 cm³/mol. The van der Waals surface area contributed by atoms with Gasteiger partial charge in [-0.25, -0.2) is 4.39 Å². The van der Waals surface area contributed by atoms with Crippen LogP contribution in [0.1, 0.15) is 39.1 Å². The molecule has 1 aliphatic rings. The average molecular weight is 266 g/mol. The number of nitrogens with one attached hydrogen (secondary N) is 1. The van der Waals surface area contributed by atoms with Crippen LogP contribution in [0.5, 0.6) is 5.75 Å². The number of amides is 2. The molecule has 0 spiro atoms. The van der Waals surface area contributed by atoms with Gasteiger partial charge in [-0.05, 0) is 12.1 Å². The summed E-state index contributed by atoms with van der Waals surface area (Å²) in [6.07, 6.45) is -0.637. The Morgan fingerprint density at radius 3 is 2.68 bits per heavy atom. The van der Waals surface area contributed by atoms with Crippen LogP contribution in [0.2, 0.25) is 0 Å². The number of alkyl halides is 1. The Kier molecular flexibility index (Phi) is 3.42. The maximum absolute atomic E-state index is 12.9. The highest BCUT2D eigenvalue weighted by atomic mass is 19.1. The molecule has 5 nitrogen and oxygen atoms in total. The third-order valence-electron chi connectivity index (χ3n) is 3.34. The van der Waals surface area contributed by atoms with Gasteiger partial charge >= 0.3 is 0 Å². The van der Waals surface area contributed by atoms with Gasteiger partial charge in [0, 0.05) is 24.1 Å². The van der Waals surface area contributed by atoms with Crippen molar-refractivity contribution in [3.8, 4) is 5.75 Å². The molecule has 0 bridgehead atoms. The highest BCUT2D eigenvalue weighted by Gasteiger charge is 2.35. The molecule has 1 aromatic rings. The summed E-state index contributed by atoms with van der Waals surface area (Å²) >= 11 is 0. The molecular weight excluding hydrogens is 251 g/mol. The number of hydrogen-bond donors (Lipinski definition) is 2. The molecule has 0 saturated heterocycles. The Morgan fingerprint density at radius 2 is 2.16 bits per heavy atom. The molecule has 0 aliphatic carbocycles. The van der Waals surface area contributed by atoms with Gasteiger partial charge in [0.15, 0.2) is 0 Å². The molecule has 0 aromatic heterocycles. The van der Waals surface area contributed by atoms with E-state index in [0.29, 0.717) is 11.3 Å². The van der Waals surface area contributed by atoms with Crippen molar-refractivity contribution in [2.24, 2.45) is 5.73 Å². The number of fused-ring (bicyclic) bond motifs is 1. The molecule has 2 unspecified atom stereocenters. The zero-order chi connectivity index (χ0) is 14.2. The zero-order valence-corrected chi connectivity index (χ0v) is 10.7. The summed E-state index contributed by atoms with van der Waals surface area (Å²) in [6, 6.07) is 2.93. The van der Waals surface area contributed by atoms with Gasteiger partial charge in [-0.2, -0.15) is 0 Å². The molecule has 0 fully saturated rings. The first-order valence-corrected chi connectivity index (χ1v) is 5.92. The maximum atomic E-state index is 12.9. The van der Waals surface area contributed by atoms with Gasteiger partial charge in [0.1, 0.15) is 18.5 Å². The summed E-state index contributed by atoms with van der Waals surface area (Å²) in [7, 11) is 1.47. The van der Waals surface area contributed by atoms with Crippen LogP contribution >= 0.6 is 0 Å². The molecule has 102 valence electrons. The lowest BCUT2D eigenvalue weighted by Crippen LogP contribution is -2.21. The molecule has 6 heteroatoms. The van der Waals surface area contributed by atoms with E-state index < -0.39 is 24.6 Å². The van der Waals surface area contributed by atoms with Gasteiger partial charge in [-0.1, -0.05) is 6.92 Å². The fraction of sp³-hybridized carbons (Fsp3) is 0.385. The van der Waals surface area contributed by atoms with Crippen molar-refractivity contribution < 1.29 is 18.7 Å². The summed E-state index contributed by atoms with van der Waals surface area (Å²) in [5.74, 6) is -0.933. The van der Waals surface area contributed by atoms with E-state index in [1.54, 1.807) is 13.0 Å². The molecule has 2 atom stereocenters. The third kappa shape index (κ3) is 2.14. The van der Waals surface area contributed by atoms with Crippen LogP contribution in [0.15, 0.2) is 12.1 Å². The van der Waals surface area contributed by atoms with Gasteiger partial charge in [-0.3, -0.25) is 9.59 Å².